The fourth-order valence-corrected chi connectivity index (χ4v) is 2.66. The minimum absolute atomic E-state index is 0.274. The molecule has 3 aromatic heterocycles. The number of fused-ring (bicyclic) bond motifs is 1. The molecule has 2 N–H and O–H groups in total. The first kappa shape index (κ1) is 17.7. The van der Waals surface area contributed by atoms with Crippen LogP contribution >= 0.6 is 0 Å². The number of nitrogens with zero attached hydrogens (tertiary/aromatic N) is 7. The molecule has 4 aromatic rings. The van der Waals surface area contributed by atoms with E-state index in [1.807, 2.05) is 0 Å². The lowest BCUT2D eigenvalue weighted by Gasteiger charge is -2.09. The summed E-state index contributed by atoms with van der Waals surface area (Å²) in [4.78, 5) is 12.2. The summed E-state index contributed by atoms with van der Waals surface area (Å²) in [6, 6.07) is 5.57. The minimum Gasteiger partial charge on any atom is -0.406 e. The Balaban J connectivity index is 1.45. The first-order valence-corrected chi connectivity index (χ1v) is 8.02. The van der Waals surface area contributed by atoms with Gasteiger partial charge in [0.25, 0.3) is 0 Å². The first-order valence-electron chi connectivity index (χ1n) is 8.02. The number of ether oxygens (including phenoxy) is 1. The van der Waals surface area contributed by atoms with Crippen molar-refractivity contribution in [2.75, 3.05) is 5.73 Å². The minimum atomic E-state index is -4.71. The average Bonchev–Trinajstić information content (AvgIpc) is 3.24. The Morgan fingerprint density at radius 2 is 1.82 bits per heavy atom. The van der Waals surface area contributed by atoms with Crippen LogP contribution in [0.25, 0.3) is 11.2 Å². The number of rotatable bonds is 5. The van der Waals surface area contributed by atoms with Crippen LogP contribution in [0.4, 0.5) is 19.0 Å². The molecule has 28 heavy (non-hydrogen) atoms. The normalized spacial score (nSPS) is 11.8. The Morgan fingerprint density at radius 1 is 1.04 bits per heavy atom. The van der Waals surface area contributed by atoms with Gasteiger partial charge in [-0.15, -0.1) is 18.3 Å². The highest BCUT2D eigenvalue weighted by atomic mass is 19.4. The molecule has 0 aliphatic heterocycles. The lowest BCUT2D eigenvalue weighted by Crippen LogP contribution is -2.17. The number of nitrogens with two attached hydrogens (primary N) is 1. The predicted octanol–water partition coefficient (Wildman–Crippen LogP) is 2.00. The molecule has 0 aliphatic carbocycles. The zero-order valence-electron chi connectivity index (χ0n) is 14.2. The van der Waals surface area contributed by atoms with Crippen molar-refractivity contribution in [1.82, 2.24) is 34.5 Å². The zero-order chi connectivity index (χ0) is 19.7. The highest BCUT2D eigenvalue weighted by molar-refractivity contribution is 5.81. The van der Waals surface area contributed by atoms with Crippen molar-refractivity contribution in [3.8, 4) is 5.75 Å². The molecule has 0 radical (unpaired) electrons. The number of alkyl halides is 3. The molecule has 0 saturated carbocycles. The Labute approximate surface area is 155 Å². The Kier molecular flexibility index (Phi) is 4.29. The SMILES string of the molecule is Nc1ncnc2c1ncn2Cc1cn(Cc2ccc(OC(F)(F)F)cc2)nn1. The van der Waals surface area contributed by atoms with E-state index in [0.717, 1.165) is 5.56 Å². The number of anilines is 1. The smallest absolute Gasteiger partial charge is 0.406 e. The van der Waals surface area contributed by atoms with Crippen molar-refractivity contribution in [3.05, 3.63) is 54.4 Å². The van der Waals surface area contributed by atoms with Gasteiger partial charge in [0.05, 0.1) is 25.6 Å². The van der Waals surface area contributed by atoms with Crippen molar-refractivity contribution in [2.45, 2.75) is 19.5 Å². The summed E-state index contributed by atoms with van der Waals surface area (Å²) in [7, 11) is 0. The van der Waals surface area contributed by atoms with Crippen LogP contribution in [0.5, 0.6) is 5.75 Å². The second kappa shape index (κ2) is 6.79. The predicted molar refractivity (Wildman–Crippen MR) is 91.1 cm³/mol. The summed E-state index contributed by atoms with van der Waals surface area (Å²) in [5.74, 6) is 0.0223. The van der Waals surface area contributed by atoms with Crippen LogP contribution in [0.1, 0.15) is 11.3 Å². The highest BCUT2D eigenvalue weighted by Crippen LogP contribution is 2.23. The molecule has 1 aromatic carbocycles. The molecule has 9 nitrogen and oxygen atoms in total. The van der Waals surface area contributed by atoms with E-state index in [-0.39, 0.29) is 5.75 Å². The Hall–Kier alpha value is -3.70. The number of nitrogen functional groups attached to an aromatic ring is 1. The van der Waals surface area contributed by atoms with Gasteiger partial charge < -0.3 is 15.0 Å². The molecule has 0 amide bonds. The van der Waals surface area contributed by atoms with Gasteiger partial charge in [0.2, 0.25) is 0 Å². The van der Waals surface area contributed by atoms with Crippen LogP contribution in [0, 0.1) is 0 Å². The third kappa shape index (κ3) is 3.84. The molecule has 0 atom stereocenters. The molecule has 4 rings (SSSR count). The molecule has 0 fully saturated rings. The van der Waals surface area contributed by atoms with Gasteiger partial charge in [-0.05, 0) is 17.7 Å². The molecule has 0 unspecified atom stereocenters. The van der Waals surface area contributed by atoms with Gasteiger partial charge in [0.1, 0.15) is 23.3 Å². The monoisotopic (exact) mass is 390 g/mol. The van der Waals surface area contributed by atoms with Crippen molar-refractivity contribution >= 4 is 17.0 Å². The summed E-state index contributed by atoms with van der Waals surface area (Å²) in [5, 5.41) is 8.13. The molecule has 0 aliphatic rings. The van der Waals surface area contributed by atoms with Crippen LogP contribution in [-0.2, 0) is 13.1 Å². The Morgan fingerprint density at radius 3 is 2.57 bits per heavy atom. The van der Waals surface area contributed by atoms with Crippen molar-refractivity contribution in [1.29, 1.82) is 0 Å². The van der Waals surface area contributed by atoms with Crippen LogP contribution in [0.3, 0.4) is 0 Å². The van der Waals surface area contributed by atoms with Crippen LogP contribution in [-0.4, -0.2) is 40.9 Å². The van der Waals surface area contributed by atoms with E-state index >= 15 is 0 Å². The van der Waals surface area contributed by atoms with E-state index in [1.54, 1.807) is 21.8 Å². The molecular weight excluding hydrogens is 377 g/mol. The molecule has 144 valence electrons. The van der Waals surface area contributed by atoms with Crippen LogP contribution in [0.15, 0.2) is 43.1 Å². The van der Waals surface area contributed by atoms with E-state index < -0.39 is 6.36 Å². The summed E-state index contributed by atoms with van der Waals surface area (Å²) in [5.41, 5.74) is 8.27. The van der Waals surface area contributed by atoms with Crippen LogP contribution in [0.2, 0.25) is 0 Å². The summed E-state index contributed by atoms with van der Waals surface area (Å²) < 4.78 is 43.8. The fraction of sp³-hybridized carbons (Fsp3) is 0.188. The van der Waals surface area contributed by atoms with Crippen molar-refractivity contribution in [2.24, 2.45) is 0 Å². The maximum Gasteiger partial charge on any atom is 0.573 e. The van der Waals surface area contributed by atoms with Gasteiger partial charge in [0.15, 0.2) is 11.5 Å². The molecule has 3 heterocycles. The number of aromatic nitrogens is 7. The third-order valence-electron chi connectivity index (χ3n) is 3.85. The molecule has 0 saturated heterocycles. The van der Waals surface area contributed by atoms with E-state index in [9.17, 15) is 13.2 Å². The second-order valence-electron chi connectivity index (χ2n) is 5.90. The standard InChI is InChI=1S/C16H13F3N8O/c17-16(18,19)28-12-3-1-10(2-4-12)5-27-7-11(24-25-27)6-26-9-23-13-14(20)21-8-22-15(13)26/h1-4,7-9H,5-6H2,(H2,20,21,22). The zero-order valence-corrected chi connectivity index (χ0v) is 14.2. The maximum atomic E-state index is 12.2. The third-order valence-corrected chi connectivity index (χ3v) is 3.85. The van der Waals surface area contributed by atoms with Gasteiger partial charge in [-0.3, -0.25) is 0 Å². The summed E-state index contributed by atoms with van der Waals surface area (Å²) >= 11 is 0. The number of hydrogen-bond donors (Lipinski definition) is 1. The number of imidazole rings is 1. The van der Waals surface area contributed by atoms with E-state index in [1.165, 1.54) is 30.6 Å². The number of benzene rings is 1. The molecular formula is C16H13F3N8O. The second-order valence-corrected chi connectivity index (χ2v) is 5.90. The average molecular weight is 390 g/mol. The number of hydrogen-bond acceptors (Lipinski definition) is 7. The lowest BCUT2D eigenvalue weighted by atomic mass is 10.2. The van der Waals surface area contributed by atoms with E-state index in [4.69, 9.17) is 5.73 Å². The molecule has 0 spiro atoms. The van der Waals surface area contributed by atoms with Gasteiger partial charge in [-0.1, -0.05) is 17.3 Å². The topological polar surface area (TPSA) is 110 Å². The van der Waals surface area contributed by atoms with E-state index in [0.29, 0.717) is 35.8 Å². The van der Waals surface area contributed by atoms with Gasteiger partial charge in [-0.25, -0.2) is 19.6 Å². The first-order chi connectivity index (χ1) is 13.4. The Bertz CT molecular complexity index is 1100. The lowest BCUT2D eigenvalue weighted by molar-refractivity contribution is -0.274. The molecule has 0 bridgehead atoms. The van der Waals surface area contributed by atoms with Gasteiger partial charge in [0, 0.05) is 0 Å². The molecule has 12 heteroatoms. The van der Waals surface area contributed by atoms with Crippen molar-refractivity contribution in [3.63, 3.8) is 0 Å². The van der Waals surface area contributed by atoms with E-state index in [2.05, 4.69) is 30.0 Å². The summed E-state index contributed by atoms with van der Waals surface area (Å²) in [6.07, 6.45) is -0.0289. The highest BCUT2D eigenvalue weighted by Gasteiger charge is 2.30. The largest absolute Gasteiger partial charge is 0.573 e. The number of halogens is 3. The fourth-order valence-electron chi connectivity index (χ4n) is 2.66. The van der Waals surface area contributed by atoms with Crippen molar-refractivity contribution < 1.29 is 17.9 Å². The van der Waals surface area contributed by atoms with Crippen LogP contribution < -0.4 is 10.5 Å². The summed E-state index contributed by atoms with van der Waals surface area (Å²) in [6.45, 7) is 0.727. The maximum absolute atomic E-state index is 12.2. The quantitative estimate of drug-likeness (QED) is 0.555. The van der Waals surface area contributed by atoms with Gasteiger partial charge >= 0.3 is 6.36 Å². The van der Waals surface area contributed by atoms with Gasteiger partial charge in [-0.2, -0.15) is 0 Å².